The second-order valence-corrected chi connectivity index (χ2v) is 6.39. The normalized spacial score (nSPS) is 14.9. The van der Waals surface area contributed by atoms with E-state index in [0.29, 0.717) is 36.9 Å². The molecular weight excluding hydrogens is 350 g/mol. The molecule has 0 saturated carbocycles. The molecule has 0 spiro atoms. The Kier molecular flexibility index (Phi) is 6.20. The Morgan fingerprint density at radius 3 is 2.85 bits per heavy atom. The highest BCUT2D eigenvalue weighted by Gasteiger charge is 2.16. The molecule has 27 heavy (non-hydrogen) atoms. The van der Waals surface area contributed by atoms with Gasteiger partial charge in [-0.15, -0.1) is 0 Å². The summed E-state index contributed by atoms with van der Waals surface area (Å²) < 4.78 is 12.5. The van der Waals surface area contributed by atoms with Gasteiger partial charge in [0.25, 0.3) is 0 Å². The summed E-state index contributed by atoms with van der Waals surface area (Å²) in [6.07, 6.45) is 3.49. The second-order valence-electron chi connectivity index (χ2n) is 6.39. The Labute approximate surface area is 157 Å². The molecule has 3 rings (SSSR count). The molecule has 0 unspecified atom stereocenters. The number of carbonyl (C=O) groups excluding carboxylic acids is 1. The van der Waals surface area contributed by atoms with Crippen LogP contribution in [0.5, 0.6) is 0 Å². The number of carboxylic acid groups (broad SMARTS) is 1. The number of nitrogens with zero attached hydrogens (tertiary/aromatic N) is 2. The highest BCUT2D eigenvalue weighted by molar-refractivity contribution is 5.91. The van der Waals surface area contributed by atoms with Gasteiger partial charge in [-0.3, -0.25) is 4.79 Å². The Bertz CT molecular complexity index is 811. The van der Waals surface area contributed by atoms with Crippen LogP contribution in [0.3, 0.4) is 0 Å². The topological polar surface area (TPSA) is 103 Å². The van der Waals surface area contributed by atoms with Gasteiger partial charge in [-0.25, -0.2) is 9.48 Å². The van der Waals surface area contributed by atoms with Crippen molar-refractivity contribution in [2.75, 3.05) is 25.1 Å². The van der Waals surface area contributed by atoms with E-state index in [4.69, 9.17) is 14.6 Å². The first-order valence-electron chi connectivity index (χ1n) is 8.92. The Hall–Kier alpha value is -2.71. The Balaban J connectivity index is 1.57. The maximum Gasteiger partial charge on any atom is 0.339 e. The smallest absolute Gasteiger partial charge is 0.339 e. The van der Waals surface area contributed by atoms with Crippen LogP contribution in [0.25, 0.3) is 5.69 Å². The minimum atomic E-state index is -1.02. The van der Waals surface area contributed by atoms with Crippen molar-refractivity contribution < 1.29 is 24.2 Å². The van der Waals surface area contributed by atoms with Crippen LogP contribution < -0.4 is 5.32 Å². The van der Waals surface area contributed by atoms with Crippen molar-refractivity contribution in [3.05, 3.63) is 41.7 Å². The molecule has 144 valence electrons. The van der Waals surface area contributed by atoms with E-state index >= 15 is 0 Å². The number of hydrogen-bond donors (Lipinski definition) is 2. The zero-order valence-corrected chi connectivity index (χ0v) is 15.2. The van der Waals surface area contributed by atoms with Crippen LogP contribution >= 0.6 is 0 Å². The number of amides is 1. The lowest BCUT2D eigenvalue weighted by Crippen LogP contribution is -2.25. The summed E-state index contributed by atoms with van der Waals surface area (Å²) in [5.41, 5.74) is 1.97. The summed E-state index contributed by atoms with van der Waals surface area (Å²) in [6.45, 7) is 3.48. The molecule has 0 bridgehead atoms. The van der Waals surface area contributed by atoms with Gasteiger partial charge in [-0.1, -0.05) is 6.07 Å². The Morgan fingerprint density at radius 2 is 2.15 bits per heavy atom. The van der Waals surface area contributed by atoms with Gasteiger partial charge in [0, 0.05) is 18.9 Å². The first kappa shape index (κ1) is 19.1. The largest absolute Gasteiger partial charge is 0.478 e. The van der Waals surface area contributed by atoms with Gasteiger partial charge in [0.2, 0.25) is 5.91 Å². The fourth-order valence-electron chi connectivity index (χ4n) is 2.98. The zero-order valence-electron chi connectivity index (χ0n) is 15.2. The number of carbonyl (C=O) groups is 2. The maximum absolute atomic E-state index is 12.1. The van der Waals surface area contributed by atoms with Crippen LogP contribution in [-0.2, 0) is 14.3 Å². The number of carboxylic acids is 1. The molecule has 1 aliphatic heterocycles. The predicted molar refractivity (Wildman–Crippen MR) is 98.3 cm³/mol. The van der Waals surface area contributed by atoms with E-state index in [1.54, 1.807) is 31.2 Å². The fraction of sp³-hybridized carbons (Fsp3) is 0.421. The summed E-state index contributed by atoms with van der Waals surface area (Å²) in [4.78, 5) is 23.3. The zero-order chi connectivity index (χ0) is 19.2. The van der Waals surface area contributed by atoms with E-state index in [0.717, 1.165) is 12.8 Å². The highest BCUT2D eigenvalue weighted by atomic mass is 16.5. The molecule has 1 aromatic carbocycles. The number of benzene rings is 1. The maximum atomic E-state index is 12.1. The molecular formula is C19H23N3O5. The van der Waals surface area contributed by atoms with Crippen molar-refractivity contribution in [1.29, 1.82) is 0 Å². The molecule has 8 heteroatoms. The number of hydrogen-bond acceptors (Lipinski definition) is 5. The first-order chi connectivity index (χ1) is 13.0. The van der Waals surface area contributed by atoms with Crippen molar-refractivity contribution in [2.24, 2.45) is 0 Å². The van der Waals surface area contributed by atoms with Gasteiger partial charge < -0.3 is 19.9 Å². The molecule has 0 radical (unpaired) electrons. The monoisotopic (exact) mass is 373 g/mol. The summed E-state index contributed by atoms with van der Waals surface area (Å²) in [7, 11) is 0. The molecule has 1 fully saturated rings. The van der Waals surface area contributed by atoms with Crippen molar-refractivity contribution in [2.45, 2.75) is 32.3 Å². The van der Waals surface area contributed by atoms with Crippen LogP contribution in [0.15, 0.2) is 30.5 Å². The number of aromatic carboxylic acids is 1. The molecule has 1 amide bonds. The summed E-state index contributed by atoms with van der Waals surface area (Å²) in [6, 6.07) is 7.11. The minimum absolute atomic E-state index is 0.136. The number of anilines is 1. The highest BCUT2D eigenvalue weighted by Crippen LogP contribution is 2.18. The standard InChI is InChI=1S/C19H23N3O5/c1-13-17(19(24)25)12-20-22(13)15-4-2-3-14(11-15)21-18(23)7-10-27-16-5-8-26-9-6-16/h2-4,11-12,16H,5-10H2,1H3,(H,21,23)(H,24,25). The number of rotatable bonds is 7. The average molecular weight is 373 g/mol. The van der Waals surface area contributed by atoms with E-state index in [2.05, 4.69) is 10.4 Å². The summed E-state index contributed by atoms with van der Waals surface area (Å²) in [5.74, 6) is -1.16. The lowest BCUT2D eigenvalue weighted by atomic mass is 10.1. The molecule has 2 aromatic rings. The van der Waals surface area contributed by atoms with E-state index in [1.165, 1.54) is 10.9 Å². The van der Waals surface area contributed by atoms with E-state index < -0.39 is 5.97 Å². The van der Waals surface area contributed by atoms with Gasteiger partial charge in [0.05, 0.1) is 36.7 Å². The van der Waals surface area contributed by atoms with Gasteiger partial charge in [-0.2, -0.15) is 5.10 Å². The first-order valence-corrected chi connectivity index (χ1v) is 8.92. The molecule has 8 nitrogen and oxygen atoms in total. The van der Waals surface area contributed by atoms with Crippen molar-refractivity contribution in [3.63, 3.8) is 0 Å². The number of aromatic nitrogens is 2. The third-order valence-electron chi connectivity index (χ3n) is 4.47. The fourth-order valence-corrected chi connectivity index (χ4v) is 2.98. The van der Waals surface area contributed by atoms with E-state index in [9.17, 15) is 9.59 Å². The van der Waals surface area contributed by atoms with Gasteiger partial charge in [-0.05, 0) is 38.0 Å². The molecule has 0 atom stereocenters. The van der Waals surface area contributed by atoms with Crippen molar-refractivity contribution >= 4 is 17.6 Å². The molecule has 1 aliphatic rings. The van der Waals surface area contributed by atoms with Crippen LogP contribution in [0.1, 0.15) is 35.3 Å². The molecule has 2 N–H and O–H groups in total. The van der Waals surface area contributed by atoms with E-state index in [-0.39, 0.29) is 24.0 Å². The van der Waals surface area contributed by atoms with Crippen LogP contribution in [0.4, 0.5) is 5.69 Å². The van der Waals surface area contributed by atoms with Crippen molar-refractivity contribution in [1.82, 2.24) is 9.78 Å². The number of nitrogens with one attached hydrogen (secondary N) is 1. The van der Waals surface area contributed by atoms with Crippen LogP contribution in [0.2, 0.25) is 0 Å². The lowest BCUT2D eigenvalue weighted by Gasteiger charge is -2.22. The third kappa shape index (κ3) is 4.93. The van der Waals surface area contributed by atoms with Gasteiger partial charge >= 0.3 is 5.97 Å². The van der Waals surface area contributed by atoms with Crippen LogP contribution in [-0.4, -0.2) is 52.7 Å². The minimum Gasteiger partial charge on any atom is -0.478 e. The van der Waals surface area contributed by atoms with Crippen molar-refractivity contribution in [3.8, 4) is 5.69 Å². The Morgan fingerprint density at radius 1 is 1.37 bits per heavy atom. The lowest BCUT2D eigenvalue weighted by molar-refractivity contribution is -0.118. The quantitative estimate of drug-likeness (QED) is 0.773. The van der Waals surface area contributed by atoms with Crippen LogP contribution in [0, 0.1) is 6.92 Å². The predicted octanol–water partition coefficient (Wildman–Crippen LogP) is 2.40. The average Bonchev–Trinajstić information content (AvgIpc) is 3.04. The summed E-state index contributed by atoms with van der Waals surface area (Å²) >= 11 is 0. The second kappa shape index (κ2) is 8.79. The molecule has 1 aromatic heterocycles. The summed E-state index contributed by atoms with van der Waals surface area (Å²) in [5, 5.41) is 16.1. The van der Waals surface area contributed by atoms with E-state index in [1.807, 2.05) is 0 Å². The number of ether oxygens (including phenoxy) is 2. The molecule has 0 aliphatic carbocycles. The van der Waals surface area contributed by atoms with Gasteiger partial charge in [0.15, 0.2) is 0 Å². The SMILES string of the molecule is Cc1c(C(=O)O)cnn1-c1cccc(NC(=O)CCOC2CCOCC2)c1. The van der Waals surface area contributed by atoms with Gasteiger partial charge in [0.1, 0.15) is 5.56 Å². The third-order valence-corrected chi connectivity index (χ3v) is 4.47. The molecule has 1 saturated heterocycles. The molecule has 2 heterocycles.